The van der Waals surface area contributed by atoms with Gasteiger partial charge in [0, 0.05) is 37.6 Å². The topological polar surface area (TPSA) is 32.5 Å². The molecule has 2 N–H and O–H groups in total. The van der Waals surface area contributed by atoms with Crippen molar-refractivity contribution in [3.8, 4) is 0 Å². The minimum atomic E-state index is 0.766. The van der Waals surface area contributed by atoms with Crippen LogP contribution in [0.15, 0.2) is 24.3 Å². The Bertz CT molecular complexity index is 355. The number of benzene rings is 1. The number of anilines is 2. The molecule has 2 rings (SSSR count). The van der Waals surface area contributed by atoms with Gasteiger partial charge in [0.1, 0.15) is 0 Å². The summed E-state index contributed by atoms with van der Waals surface area (Å²) in [6.07, 6.45) is 5.11. The van der Waals surface area contributed by atoms with Gasteiger partial charge < -0.3 is 15.5 Å². The van der Waals surface area contributed by atoms with Crippen LogP contribution in [0.4, 0.5) is 11.4 Å². The maximum absolute atomic E-state index is 5.60. The normalized spacial score (nSPS) is 15.6. The molecular formula is C16H27N3. The number of nitrogens with two attached hydrogens (primary N) is 1. The lowest BCUT2D eigenvalue weighted by atomic mass is 10.1. The fourth-order valence-electron chi connectivity index (χ4n) is 2.78. The number of hydrogen-bond donors (Lipinski definition) is 1. The molecule has 1 aromatic carbocycles. The molecule has 0 aliphatic carbocycles. The summed E-state index contributed by atoms with van der Waals surface area (Å²) in [5.74, 6) is 0. The van der Waals surface area contributed by atoms with E-state index in [9.17, 15) is 0 Å². The van der Waals surface area contributed by atoms with Crippen molar-refractivity contribution >= 4 is 11.4 Å². The highest BCUT2D eigenvalue weighted by atomic mass is 15.1. The predicted octanol–water partition coefficient (Wildman–Crippen LogP) is 2.85. The van der Waals surface area contributed by atoms with Crippen LogP contribution in [0.3, 0.4) is 0 Å². The van der Waals surface area contributed by atoms with E-state index in [1.54, 1.807) is 0 Å². The first-order valence-corrected chi connectivity index (χ1v) is 7.65. The molecule has 1 aliphatic heterocycles. The van der Waals surface area contributed by atoms with Gasteiger partial charge in [-0.05, 0) is 63.4 Å². The summed E-state index contributed by atoms with van der Waals surface area (Å²) in [6, 6.07) is 9.05. The molecule has 0 amide bonds. The summed E-state index contributed by atoms with van der Waals surface area (Å²) < 4.78 is 0. The van der Waals surface area contributed by atoms with Gasteiger partial charge in [-0.3, -0.25) is 0 Å². The summed E-state index contributed by atoms with van der Waals surface area (Å²) in [4.78, 5) is 4.90. The highest BCUT2D eigenvalue weighted by molar-refractivity contribution is 5.56. The molecule has 3 nitrogen and oxygen atoms in total. The molecule has 0 aromatic heterocycles. The first kappa shape index (κ1) is 14.2. The fraction of sp³-hybridized carbons (Fsp3) is 0.625. The lowest BCUT2D eigenvalue weighted by Crippen LogP contribution is -2.29. The summed E-state index contributed by atoms with van der Waals surface area (Å²) in [5, 5.41) is 0. The van der Waals surface area contributed by atoms with E-state index in [1.165, 1.54) is 43.7 Å². The minimum absolute atomic E-state index is 0.766. The van der Waals surface area contributed by atoms with Gasteiger partial charge in [-0.1, -0.05) is 0 Å². The van der Waals surface area contributed by atoms with Crippen molar-refractivity contribution in [3.05, 3.63) is 24.3 Å². The second-order valence-corrected chi connectivity index (χ2v) is 5.29. The van der Waals surface area contributed by atoms with Crippen LogP contribution in [0.1, 0.15) is 32.6 Å². The van der Waals surface area contributed by atoms with Gasteiger partial charge in [-0.2, -0.15) is 0 Å². The lowest BCUT2D eigenvalue weighted by molar-refractivity contribution is 0.578. The third-order valence-corrected chi connectivity index (χ3v) is 3.95. The van der Waals surface area contributed by atoms with Crippen molar-refractivity contribution in [2.75, 3.05) is 42.5 Å². The van der Waals surface area contributed by atoms with E-state index in [2.05, 4.69) is 41.0 Å². The van der Waals surface area contributed by atoms with Crippen LogP contribution in [0.5, 0.6) is 0 Å². The molecule has 0 spiro atoms. The molecule has 3 heteroatoms. The zero-order valence-corrected chi connectivity index (χ0v) is 12.1. The Morgan fingerprint density at radius 3 is 2.37 bits per heavy atom. The molecule has 1 fully saturated rings. The Balaban J connectivity index is 1.99. The molecule has 0 unspecified atom stereocenters. The molecule has 106 valence electrons. The molecule has 0 saturated carbocycles. The van der Waals surface area contributed by atoms with E-state index in [0.29, 0.717) is 0 Å². The van der Waals surface area contributed by atoms with Gasteiger partial charge in [-0.15, -0.1) is 0 Å². The van der Waals surface area contributed by atoms with Crippen LogP contribution in [-0.4, -0.2) is 32.7 Å². The van der Waals surface area contributed by atoms with Crippen molar-refractivity contribution in [3.63, 3.8) is 0 Å². The van der Waals surface area contributed by atoms with Crippen molar-refractivity contribution < 1.29 is 0 Å². The van der Waals surface area contributed by atoms with E-state index >= 15 is 0 Å². The average Bonchev–Trinajstić information content (AvgIpc) is 2.49. The fourth-order valence-corrected chi connectivity index (χ4v) is 2.78. The average molecular weight is 261 g/mol. The van der Waals surface area contributed by atoms with Crippen LogP contribution >= 0.6 is 0 Å². The maximum Gasteiger partial charge on any atom is 0.0367 e. The first-order valence-electron chi connectivity index (χ1n) is 7.65. The van der Waals surface area contributed by atoms with Gasteiger partial charge in [0.05, 0.1) is 0 Å². The molecule has 1 aliphatic rings. The molecule has 1 aromatic rings. The van der Waals surface area contributed by atoms with Gasteiger partial charge in [0.25, 0.3) is 0 Å². The summed E-state index contributed by atoms with van der Waals surface area (Å²) in [7, 11) is 0. The maximum atomic E-state index is 5.60. The van der Waals surface area contributed by atoms with E-state index in [1.807, 2.05) is 0 Å². The zero-order valence-electron chi connectivity index (χ0n) is 12.1. The molecule has 1 heterocycles. The Morgan fingerprint density at radius 1 is 1.11 bits per heavy atom. The largest absolute Gasteiger partial charge is 0.372 e. The van der Waals surface area contributed by atoms with E-state index in [0.717, 1.165) is 26.1 Å². The Hall–Kier alpha value is -1.22. The van der Waals surface area contributed by atoms with E-state index in [-0.39, 0.29) is 0 Å². The third kappa shape index (κ3) is 3.87. The SMILES string of the molecule is CCN(CCCN)c1ccc(N2CCCCC2)cc1. The monoisotopic (exact) mass is 261 g/mol. The van der Waals surface area contributed by atoms with Crippen molar-refractivity contribution in [1.29, 1.82) is 0 Å². The first-order chi connectivity index (χ1) is 9.35. The molecule has 0 bridgehead atoms. The molecular weight excluding hydrogens is 234 g/mol. The van der Waals surface area contributed by atoms with Crippen molar-refractivity contribution in [1.82, 2.24) is 0 Å². The molecule has 0 atom stereocenters. The molecule has 1 saturated heterocycles. The predicted molar refractivity (Wildman–Crippen MR) is 84.1 cm³/mol. The standard InChI is InChI=1S/C16H27N3/c1-2-18(14-6-11-17)15-7-9-16(10-8-15)19-12-4-3-5-13-19/h7-10H,2-6,11-14,17H2,1H3. The Kier molecular flexibility index (Phi) is 5.52. The third-order valence-electron chi connectivity index (χ3n) is 3.95. The zero-order chi connectivity index (χ0) is 13.5. The van der Waals surface area contributed by atoms with Gasteiger partial charge in [0.15, 0.2) is 0 Å². The number of piperidine rings is 1. The van der Waals surface area contributed by atoms with Crippen LogP contribution in [0.25, 0.3) is 0 Å². The van der Waals surface area contributed by atoms with Crippen molar-refractivity contribution in [2.45, 2.75) is 32.6 Å². The number of rotatable bonds is 6. The molecule has 0 radical (unpaired) electrons. The second kappa shape index (κ2) is 7.39. The smallest absolute Gasteiger partial charge is 0.0367 e. The van der Waals surface area contributed by atoms with Crippen LogP contribution < -0.4 is 15.5 Å². The van der Waals surface area contributed by atoms with Crippen LogP contribution in [0, 0.1) is 0 Å². The highest BCUT2D eigenvalue weighted by Gasteiger charge is 2.11. The summed E-state index contributed by atoms with van der Waals surface area (Å²) >= 11 is 0. The van der Waals surface area contributed by atoms with E-state index in [4.69, 9.17) is 5.73 Å². The van der Waals surface area contributed by atoms with Crippen molar-refractivity contribution in [2.24, 2.45) is 5.73 Å². The van der Waals surface area contributed by atoms with E-state index < -0.39 is 0 Å². The Morgan fingerprint density at radius 2 is 1.79 bits per heavy atom. The second-order valence-electron chi connectivity index (χ2n) is 5.29. The van der Waals surface area contributed by atoms with Crippen LogP contribution in [0.2, 0.25) is 0 Å². The summed E-state index contributed by atoms with van der Waals surface area (Å²) in [6.45, 7) is 7.49. The molecule has 19 heavy (non-hydrogen) atoms. The van der Waals surface area contributed by atoms with Gasteiger partial charge in [0.2, 0.25) is 0 Å². The quantitative estimate of drug-likeness (QED) is 0.854. The Labute approximate surface area is 117 Å². The lowest BCUT2D eigenvalue weighted by Gasteiger charge is -2.29. The van der Waals surface area contributed by atoms with Crippen LogP contribution in [-0.2, 0) is 0 Å². The number of nitrogens with zero attached hydrogens (tertiary/aromatic N) is 2. The van der Waals surface area contributed by atoms with Gasteiger partial charge in [-0.25, -0.2) is 0 Å². The van der Waals surface area contributed by atoms with Gasteiger partial charge >= 0.3 is 0 Å². The minimum Gasteiger partial charge on any atom is -0.372 e. The highest BCUT2D eigenvalue weighted by Crippen LogP contribution is 2.23. The number of hydrogen-bond acceptors (Lipinski definition) is 3. The summed E-state index contributed by atoms with van der Waals surface area (Å²) in [5.41, 5.74) is 8.29.